The monoisotopic (exact) mass is 262 g/mol. The van der Waals surface area contributed by atoms with E-state index < -0.39 is 0 Å². The molecule has 0 unspecified atom stereocenters. The fourth-order valence-corrected chi connectivity index (χ4v) is 1.65. The molecule has 0 saturated carbocycles. The van der Waals surface area contributed by atoms with E-state index in [9.17, 15) is 0 Å². The second-order valence-electron chi connectivity index (χ2n) is 4.70. The molecule has 0 fully saturated rings. The summed E-state index contributed by atoms with van der Waals surface area (Å²) in [5.74, 6) is 0.647. The molecule has 0 heterocycles. The molecule has 0 saturated heterocycles. The summed E-state index contributed by atoms with van der Waals surface area (Å²) < 4.78 is 5.52. The van der Waals surface area contributed by atoms with Gasteiger partial charge in [0.2, 0.25) is 0 Å². The van der Waals surface area contributed by atoms with E-state index in [-0.39, 0.29) is 5.41 Å². The Labute approximate surface area is 113 Å². The van der Waals surface area contributed by atoms with Gasteiger partial charge in [0, 0.05) is 6.07 Å². The molecular formula is C14H15ClN2O. The molecule has 0 aliphatic carbocycles. The van der Waals surface area contributed by atoms with Crippen molar-refractivity contribution < 1.29 is 4.74 Å². The van der Waals surface area contributed by atoms with Crippen molar-refractivity contribution in [1.29, 1.82) is 10.5 Å². The summed E-state index contributed by atoms with van der Waals surface area (Å²) in [6.45, 7) is 4.35. The Bertz CT molecular complexity index is 497. The minimum Gasteiger partial charge on any atom is -0.494 e. The Kier molecular flexibility index (Phi) is 5.01. The fraction of sp³-hybridized carbons (Fsp3) is 0.429. The van der Waals surface area contributed by atoms with Gasteiger partial charge in [-0.3, -0.25) is 0 Å². The predicted molar refractivity (Wildman–Crippen MR) is 70.3 cm³/mol. The lowest BCUT2D eigenvalue weighted by molar-refractivity contribution is 0.284. The molecule has 4 heteroatoms. The lowest BCUT2D eigenvalue weighted by Gasteiger charge is -2.14. The van der Waals surface area contributed by atoms with Crippen molar-refractivity contribution in [3.8, 4) is 17.9 Å². The van der Waals surface area contributed by atoms with E-state index in [0.29, 0.717) is 22.9 Å². The van der Waals surface area contributed by atoms with Gasteiger partial charge in [-0.25, -0.2) is 0 Å². The van der Waals surface area contributed by atoms with Gasteiger partial charge in [-0.2, -0.15) is 10.5 Å². The van der Waals surface area contributed by atoms with Gasteiger partial charge < -0.3 is 4.74 Å². The number of halogens is 1. The van der Waals surface area contributed by atoms with Gasteiger partial charge in [0.15, 0.2) is 0 Å². The quantitative estimate of drug-likeness (QED) is 0.756. The molecule has 0 atom stereocenters. The highest BCUT2D eigenvalue weighted by Crippen LogP contribution is 2.23. The third-order valence-electron chi connectivity index (χ3n) is 2.58. The molecule has 0 spiro atoms. The molecule has 0 aliphatic heterocycles. The standard InChI is InChI=1S/C14H15ClN2O/c1-14(2,10-17)6-3-7-18-12-5-4-11(9-16)13(15)8-12/h4-5,8H,3,6-7H2,1-2H3. The van der Waals surface area contributed by atoms with Crippen LogP contribution in [0.4, 0.5) is 0 Å². The topological polar surface area (TPSA) is 56.8 Å². The van der Waals surface area contributed by atoms with Crippen LogP contribution in [-0.2, 0) is 0 Å². The molecule has 0 aromatic heterocycles. The molecule has 0 amide bonds. The van der Waals surface area contributed by atoms with Crippen molar-refractivity contribution in [2.75, 3.05) is 6.61 Å². The number of nitriles is 2. The Morgan fingerprint density at radius 2 is 2.06 bits per heavy atom. The van der Waals surface area contributed by atoms with Crippen LogP contribution in [0.2, 0.25) is 5.02 Å². The van der Waals surface area contributed by atoms with E-state index in [1.807, 2.05) is 19.9 Å². The van der Waals surface area contributed by atoms with E-state index >= 15 is 0 Å². The summed E-state index contributed by atoms with van der Waals surface area (Å²) in [5.41, 5.74) is 0.126. The zero-order chi connectivity index (χ0) is 13.6. The van der Waals surface area contributed by atoms with Crippen LogP contribution in [0.3, 0.4) is 0 Å². The highest BCUT2D eigenvalue weighted by atomic mass is 35.5. The molecule has 1 aromatic rings. The summed E-state index contributed by atoms with van der Waals surface area (Å²) in [4.78, 5) is 0. The van der Waals surface area contributed by atoms with Crippen molar-refractivity contribution in [2.45, 2.75) is 26.7 Å². The molecule has 18 heavy (non-hydrogen) atoms. The first kappa shape index (κ1) is 14.4. The first-order valence-corrected chi connectivity index (χ1v) is 6.10. The summed E-state index contributed by atoms with van der Waals surface area (Å²) in [6.07, 6.45) is 1.59. The maximum Gasteiger partial charge on any atom is 0.120 e. The number of rotatable bonds is 5. The van der Waals surface area contributed by atoms with Crippen molar-refractivity contribution in [3.05, 3.63) is 28.8 Å². The van der Waals surface area contributed by atoms with Gasteiger partial charge in [-0.05, 0) is 38.8 Å². The van der Waals surface area contributed by atoms with Gasteiger partial charge >= 0.3 is 0 Å². The lowest BCUT2D eigenvalue weighted by atomic mass is 9.90. The largest absolute Gasteiger partial charge is 0.494 e. The molecule has 1 aromatic carbocycles. The first-order valence-electron chi connectivity index (χ1n) is 5.72. The number of benzene rings is 1. The summed E-state index contributed by atoms with van der Waals surface area (Å²) in [6, 6.07) is 9.24. The Balaban J connectivity index is 2.44. The molecule has 0 N–H and O–H groups in total. The van der Waals surface area contributed by atoms with E-state index in [4.69, 9.17) is 26.9 Å². The van der Waals surface area contributed by atoms with E-state index in [2.05, 4.69) is 6.07 Å². The first-order chi connectivity index (χ1) is 8.48. The Morgan fingerprint density at radius 1 is 1.33 bits per heavy atom. The van der Waals surface area contributed by atoms with Crippen LogP contribution in [0.15, 0.2) is 18.2 Å². The third-order valence-corrected chi connectivity index (χ3v) is 2.89. The van der Waals surface area contributed by atoms with Crippen molar-refractivity contribution >= 4 is 11.6 Å². The van der Waals surface area contributed by atoms with Crippen LogP contribution < -0.4 is 4.74 Å². The second-order valence-corrected chi connectivity index (χ2v) is 5.11. The van der Waals surface area contributed by atoms with Gasteiger partial charge in [0.25, 0.3) is 0 Å². The SMILES string of the molecule is CC(C)(C#N)CCCOc1ccc(C#N)c(Cl)c1. The smallest absolute Gasteiger partial charge is 0.120 e. The minimum atomic E-state index is -0.314. The highest BCUT2D eigenvalue weighted by Gasteiger charge is 2.15. The lowest BCUT2D eigenvalue weighted by Crippen LogP contribution is -2.10. The molecule has 0 aliphatic rings. The van der Waals surface area contributed by atoms with Crippen LogP contribution in [-0.4, -0.2) is 6.61 Å². The summed E-state index contributed by atoms with van der Waals surface area (Å²) in [5, 5.41) is 18.0. The van der Waals surface area contributed by atoms with Gasteiger partial charge in [0.1, 0.15) is 11.8 Å². The number of hydrogen-bond acceptors (Lipinski definition) is 3. The molecule has 3 nitrogen and oxygen atoms in total. The molecular weight excluding hydrogens is 248 g/mol. The van der Waals surface area contributed by atoms with Crippen molar-refractivity contribution in [2.24, 2.45) is 5.41 Å². The van der Waals surface area contributed by atoms with E-state index in [1.165, 1.54) is 0 Å². The average Bonchev–Trinajstić information content (AvgIpc) is 2.35. The van der Waals surface area contributed by atoms with Gasteiger partial charge in [0.05, 0.1) is 28.7 Å². The van der Waals surface area contributed by atoms with E-state index in [0.717, 1.165) is 12.8 Å². The number of nitrogens with zero attached hydrogens (tertiary/aromatic N) is 2. The Hall–Kier alpha value is -1.71. The van der Waals surface area contributed by atoms with E-state index in [1.54, 1.807) is 18.2 Å². The van der Waals surface area contributed by atoms with Crippen LogP contribution >= 0.6 is 11.6 Å². The van der Waals surface area contributed by atoms with Crippen LogP contribution in [0.1, 0.15) is 32.3 Å². The highest BCUT2D eigenvalue weighted by molar-refractivity contribution is 6.31. The third kappa shape index (κ3) is 4.28. The molecule has 1 rings (SSSR count). The average molecular weight is 263 g/mol. The minimum absolute atomic E-state index is 0.314. The normalized spacial score (nSPS) is 10.5. The van der Waals surface area contributed by atoms with Crippen molar-refractivity contribution in [3.63, 3.8) is 0 Å². The second kappa shape index (κ2) is 6.28. The maximum absolute atomic E-state index is 8.87. The maximum atomic E-state index is 8.87. The summed E-state index contributed by atoms with van der Waals surface area (Å²) >= 11 is 5.89. The predicted octanol–water partition coefficient (Wildman–Crippen LogP) is 3.92. The molecule has 0 radical (unpaired) electrons. The fourth-order valence-electron chi connectivity index (χ4n) is 1.44. The zero-order valence-electron chi connectivity index (χ0n) is 10.5. The number of ether oxygens (including phenoxy) is 1. The Morgan fingerprint density at radius 3 is 2.61 bits per heavy atom. The number of hydrogen-bond donors (Lipinski definition) is 0. The van der Waals surface area contributed by atoms with Crippen LogP contribution in [0, 0.1) is 28.1 Å². The zero-order valence-corrected chi connectivity index (χ0v) is 11.3. The van der Waals surface area contributed by atoms with Crippen molar-refractivity contribution in [1.82, 2.24) is 0 Å². The van der Waals surface area contributed by atoms with Gasteiger partial charge in [-0.1, -0.05) is 11.6 Å². The van der Waals surface area contributed by atoms with Crippen LogP contribution in [0.5, 0.6) is 5.75 Å². The molecule has 94 valence electrons. The molecule has 0 bridgehead atoms. The van der Waals surface area contributed by atoms with Crippen LogP contribution in [0.25, 0.3) is 0 Å². The summed E-state index contributed by atoms with van der Waals surface area (Å²) in [7, 11) is 0. The van der Waals surface area contributed by atoms with Gasteiger partial charge in [-0.15, -0.1) is 0 Å².